The van der Waals surface area contributed by atoms with Gasteiger partial charge < -0.3 is 4.74 Å². The van der Waals surface area contributed by atoms with Gasteiger partial charge in [-0.1, -0.05) is 24.6 Å². The van der Waals surface area contributed by atoms with Gasteiger partial charge in [0.15, 0.2) is 0 Å². The van der Waals surface area contributed by atoms with Gasteiger partial charge in [-0.05, 0) is 44.9 Å². The monoisotopic (exact) mass is 281 g/mol. The summed E-state index contributed by atoms with van der Waals surface area (Å²) in [7, 11) is 0. The zero-order chi connectivity index (χ0) is 12.4. The van der Waals surface area contributed by atoms with Gasteiger partial charge in [0.1, 0.15) is 5.75 Å². The molecule has 3 rings (SSSR count). The summed E-state index contributed by atoms with van der Waals surface area (Å²) in [5, 5.41) is 0. The van der Waals surface area contributed by atoms with Crippen molar-refractivity contribution in [3.8, 4) is 5.75 Å². The number of rotatable bonds is 4. The number of likely N-dealkylation sites (tertiary alicyclic amines) is 1. The summed E-state index contributed by atoms with van der Waals surface area (Å²) in [5.41, 5.74) is 0. The van der Waals surface area contributed by atoms with E-state index in [0.717, 1.165) is 30.4 Å². The second kappa shape index (κ2) is 6.62. The van der Waals surface area contributed by atoms with E-state index in [4.69, 9.17) is 4.74 Å². The zero-order valence-electron chi connectivity index (χ0n) is 11.6. The van der Waals surface area contributed by atoms with Gasteiger partial charge in [0.25, 0.3) is 0 Å². The van der Waals surface area contributed by atoms with Gasteiger partial charge in [0.05, 0.1) is 6.61 Å². The standard InChI is InChI=1S/C16H23NO.ClH/c1-13-7-5-6-10-17(13)16-11-14(16)12-18-15-8-3-2-4-9-15;/h2-4,8-9,13-14,16H,5-7,10-12H2,1H3;1H. The van der Waals surface area contributed by atoms with E-state index in [9.17, 15) is 0 Å². The Bertz CT molecular complexity index is 384. The third-order valence-electron chi connectivity index (χ3n) is 4.37. The van der Waals surface area contributed by atoms with Gasteiger partial charge >= 0.3 is 0 Å². The van der Waals surface area contributed by atoms with Crippen molar-refractivity contribution in [2.75, 3.05) is 13.2 Å². The van der Waals surface area contributed by atoms with Crippen LogP contribution in [0.1, 0.15) is 32.6 Å². The average Bonchev–Trinajstić information content (AvgIpc) is 3.18. The molecule has 0 amide bonds. The lowest BCUT2D eigenvalue weighted by Gasteiger charge is -2.33. The number of halogens is 1. The van der Waals surface area contributed by atoms with Crippen LogP contribution in [0.2, 0.25) is 0 Å². The molecule has 0 spiro atoms. The lowest BCUT2D eigenvalue weighted by atomic mass is 10.0. The van der Waals surface area contributed by atoms with Crippen LogP contribution in [0.4, 0.5) is 0 Å². The van der Waals surface area contributed by atoms with Gasteiger partial charge in [-0.15, -0.1) is 12.4 Å². The number of benzene rings is 1. The number of hydrogen-bond acceptors (Lipinski definition) is 2. The molecule has 3 atom stereocenters. The van der Waals surface area contributed by atoms with Crippen LogP contribution in [-0.2, 0) is 0 Å². The molecule has 0 aromatic heterocycles. The summed E-state index contributed by atoms with van der Waals surface area (Å²) in [4.78, 5) is 2.71. The number of piperidine rings is 1. The zero-order valence-corrected chi connectivity index (χ0v) is 12.4. The van der Waals surface area contributed by atoms with Gasteiger partial charge in [0.2, 0.25) is 0 Å². The minimum absolute atomic E-state index is 0. The third kappa shape index (κ3) is 3.64. The van der Waals surface area contributed by atoms with E-state index in [1.807, 2.05) is 30.3 Å². The van der Waals surface area contributed by atoms with Crippen LogP contribution in [0.3, 0.4) is 0 Å². The Hall–Kier alpha value is -0.730. The number of hydrogen-bond donors (Lipinski definition) is 0. The molecule has 1 saturated heterocycles. The molecule has 3 unspecified atom stereocenters. The summed E-state index contributed by atoms with van der Waals surface area (Å²) in [6.07, 6.45) is 5.50. The van der Waals surface area contributed by atoms with Crippen LogP contribution < -0.4 is 4.74 Å². The van der Waals surface area contributed by atoms with Crippen LogP contribution in [0.25, 0.3) is 0 Å². The van der Waals surface area contributed by atoms with Gasteiger partial charge in [0, 0.05) is 18.0 Å². The largest absolute Gasteiger partial charge is 0.493 e. The summed E-state index contributed by atoms with van der Waals surface area (Å²) >= 11 is 0. The Morgan fingerprint density at radius 3 is 2.74 bits per heavy atom. The fourth-order valence-electron chi connectivity index (χ4n) is 3.15. The molecular formula is C16H24ClNO. The van der Waals surface area contributed by atoms with Crippen molar-refractivity contribution < 1.29 is 4.74 Å². The highest BCUT2D eigenvalue weighted by atomic mass is 35.5. The molecule has 1 aliphatic heterocycles. The van der Waals surface area contributed by atoms with Crippen LogP contribution in [0.5, 0.6) is 5.75 Å². The summed E-state index contributed by atoms with van der Waals surface area (Å²) in [6, 6.07) is 11.8. The van der Waals surface area contributed by atoms with E-state index >= 15 is 0 Å². The first-order valence-corrected chi connectivity index (χ1v) is 7.28. The van der Waals surface area contributed by atoms with Crippen molar-refractivity contribution in [1.82, 2.24) is 4.90 Å². The first kappa shape index (κ1) is 14.7. The fourth-order valence-corrected chi connectivity index (χ4v) is 3.15. The Kier molecular flexibility index (Phi) is 5.12. The molecule has 19 heavy (non-hydrogen) atoms. The molecule has 2 nitrogen and oxygen atoms in total. The molecule has 1 aliphatic carbocycles. The minimum Gasteiger partial charge on any atom is -0.493 e. The van der Waals surface area contributed by atoms with Gasteiger partial charge in [-0.3, -0.25) is 4.90 Å². The van der Waals surface area contributed by atoms with E-state index in [1.54, 1.807) is 0 Å². The molecule has 2 aliphatic rings. The number of nitrogens with zero attached hydrogens (tertiary/aromatic N) is 1. The first-order valence-electron chi connectivity index (χ1n) is 7.28. The fraction of sp³-hybridized carbons (Fsp3) is 0.625. The van der Waals surface area contributed by atoms with E-state index in [2.05, 4.69) is 11.8 Å². The Balaban J connectivity index is 0.00000133. The normalized spacial score (nSPS) is 30.5. The predicted molar refractivity (Wildman–Crippen MR) is 81.1 cm³/mol. The van der Waals surface area contributed by atoms with Crippen molar-refractivity contribution in [3.05, 3.63) is 30.3 Å². The van der Waals surface area contributed by atoms with E-state index in [-0.39, 0.29) is 12.4 Å². The Morgan fingerprint density at radius 2 is 2.00 bits per heavy atom. The van der Waals surface area contributed by atoms with Crippen molar-refractivity contribution in [3.63, 3.8) is 0 Å². The van der Waals surface area contributed by atoms with E-state index < -0.39 is 0 Å². The van der Waals surface area contributed by atoms with Crippen molar-refractivity contribution in [2.24, 2.45) is 5.92 Å². The van der Waals surface area contributed by atoms with Crippen LogP contribution in [0.15, 0.2) is 30.3 Å². The van der Waals surface area contributed by atoms with Crippen molar-refractivity contribution in [2.45, 2.75) is 44.7 Å². The summed E-state index contributed by atoms with van der Waals surface area (Å²) in [5.74, 6) is 1.76. The third-order valence-corrected chi connectivity index (χ3v) is 4.37. The van der Waals surface area contributed by atoms with E-state index in [0.29, 0.717) is 0 Å². The summed E-state index contributed by atoms with van der Waals surface area (Å²) < 4.78 is 5.86. The lowest BCUT2D eigenvalue weighted by Crippen LogP contribution is -2.40. The molecule has 1 aromatic carbocycles. The minimum atomic E-state index is 0. The second-order valence-electron chi connectivity index (χ2n) is 5.77. The van der Waals surface area contributed by atoms with Crippen LogP contribution >= 0.6 is 12.4 Å². The summed E-state index contributed by atoms with van der Waals surface area (Å²) in [6.45, 7) is 4.57. The van der Waals surface area contributed by atoms with Gasteiger partial charge in [-0.25, -0.2) is 0 Å². The molecule has 1 aromatic rings. The molecule has 0 N–H and O–H groups in total. The molecule has 2 fully saturated rings. The van der Waals surface area contributed by atoms with Crippen molar-refractivity contribution >= 4 is 12.4 Å². The molecule has 1 saturated carbocycles. The quantitative estimate of drug-likeness (QED) is 0.833. The highest BCUT2D eigenvalue weighted by molar-refractivity contribution is 5.85. The highest BCUT2D eigenvalue weighted by Gasteiger charge is 2.44. The maximum absolute atomic E-state index is 5.86. The predicted octanol–water partition coefficient (Wildman–Crippen LogP) is 3.75. The smallest absolute Gasteiger partial charge is 0.119 e. The Labute approximate surface area is 122 Å². The lowest BCUT2D eigenvalue weighted by molar-refractivity contribution is 0.137. The van der Waals surface area contributed by atoms with Crippen LogP contribution in [-0.4, -0.2) is 30.1 Å². The topological polar surface area (TPSA) is 12.5 Å². The number of ether oxygens (including phenoxy) is 1. The van der Waals surface area contributed by atoms with Crippen molar-refractivity contribution in [1.29, 1.82) is 0 Å². The molecule has 0 radical (unpaired) electrons. The molecule has 106 valence electrons. The molecular weight excluding hydrogens is 258 g/mol. The highest BCUT2D eigenvalue weighted by Crippen LogP contribution is 2.39. The Morgan fingerprint density at radius 1 is 1.21 bits per heavy atom. The SMILES string of the molecule is CC1CCCCN1C1CC1COc1ccccc1.Cl. The first-order chi connectivity index (χ1) is 8.84. The molecule has 1 heterocycles. The van der Waals surface area contributed by atoms with E-state index in [1.165, 1.54) is 32.2 Å². The van der Waals surface area contributed by atoms with Gasteiger partial charge in [-0.2, -0.15) is 0 Å². The maximum atomic E-state index is 5.86. The maximum Gasteiger partial charge on any atom is 0.119 e. The van der Waals surface area contributed by atoms with Crippen LogP contribution in [0, 0.1) is 5.92 Å². The molecule has 3 heteroatoms. The number of para-hydroxylation sites is 1. The second-order valence-corrected chi connectivity index (χ2v) is 5.77. The molecule has 0 bridgehead atoms. The average molecular weight is 282 g/mol.